The summed E-state index contributed by atoms with van der Waals surface area (Å²) >= 11 is 0. The number of hydrogen-bond acceptors (Lipinski definition) is 1. The summed E-state index contributed by atoms with van der Waals surface area (Å²) in [6, 6.07) is 0. The molecule has 1 rings (SSSR count). The van der Waals surface area contributed by atoms with Crippen molar-refractivity contribution in [1.29, 1.82) is 0 Å². The first-order valence-corrected chi connectivity index (χ1v) is 3.73. The highest BCUT2D eigenvalue weighted by molar-refractivity contribution is 4.68. The van der Waals surface area contributed by atoms with Crippen LogP contribution in [0.3, 0.4) is 0 Å². The van der Waals surface area contributed by atoms with Crippen LogP contribution in [0.4, 0.5) is 0 Å². The van der Waals surface area contributed by atoms with E-state index in [0.29, 0.717) is 12.0 Å². The minimum atomic E-state index is 0.525. The molecule has 0 spiro atoms. The highest BCUT2D eigenvalue weighted by atomic mass is 16.5. The van der Waals surface area contributed by atoms with Gasteiger partial charge in [-0.05, 0) is 25.2 Å². The van der Waals surface area contributed by atoms with Gasteiger partial charge in [0.05, 0.1) is 6.10 Å². The summed E-state index contributed by atoms with van der Waals surface area (Å²) in [6.07, 6.45) is 4.16. The topological polar surface area (TPSA) is 9.23 Å². The van der Waals surface area contributed by atoms with Gasteiger partial charge in [0.1, 0.15) is 0 Å². The highest BCUT2D eigenvalue weighted by Crippen LogP contribution is 2.18. The fraction of sp³-hybridized carbons (Fsp3) is 0.875. The Balaban J connectivity index is 2.11. The van der Waals surface area contributed by atoms with Crippen LogP contribution in [0.2, 0.25) is 0 Å². The van der Waals surface area contributed by atoms with E-state index in [-0.39, 0.29) is 0 Å². The zero-order valence-electron chi connectivity index (χ0n) is 6.10. The molecule has 2 unspecified atom stereocenters. The maximum atomic E-state index is 5.42. The maximum absolute atomic E-state index is 5.42. The molecule has 1 fully saturated rings. The predicted molar refractivity (Wildman–Crippen MR) is 38.1 cm³/mol. The molecule has 0 aromatic carbocycles. The summed E-state index contributed by atoms with van der Waals surface area (Å²) < 4.78 is 5.42. The summed E-state index contributed by atoms with van der Waals surface area (Å²) in [5, 5.41) is 0. The molecule has 0 aromatic rings. The Morgan fingerprint density at radius 3 is 3.00 bits per heavy atom. The van der Waals surface area contributed by atoms with Gasteiger partial charge in [-0.25, -0.2) is 0 Å². The van der Waals surface area contributed by atoms with Crippen molar-refractivity contribution in [2.45, 2.75) is 32.3 Å². The van der Waals surface area contributed by atoms with Crippen molar-refractivity contribution in [3.63, 3.8) is 0 Å². The SMILES string of the molecule is [CH2]C(C)CC1CCCO1. The number of ether oxygens (including phenoxy) is 1. The third-order valence-electron chi connectivity index (χ3n) is 1.69. The average Bonchev–Trinajstić information content (AvgIpc) is 2.15. The van der Waals surface area contributed by atoms with Crippen molar-refractivity contribution in [3.05, 3.63) is 6.92 Å². The first-order chi connectivity index (χ1) is 4.29. The van der Waals surface area contributed by atoms with E-state index >= 15 is 0 Å². The van der Waals surface area contributed by atoms with Gasteiger partial charge in [0.2, 0.25) is 0 Å². The van der Waals surface area contributed by atoms with E-state index in [0.717, 1.165) is 13.0 Å². The summed E-state index contributed by atoms with van der Waals surface area (Å²) in [4.78, 5) is 0. The van der Waals surface area contributed by atoms with Crippen molar-refractivity contribution in [1.82, 2.24) is 0 Å². The van der Waals surface area contributed by atoms with E-state index in [9.17, 15) is 0 Å². The van der Waals surface area contributed by atoms with Crippen molar-refractivity contribution in [3.8, 4) is 0 Å². The van der Waals surface area contributed by atoms with Gasteiger partial charge >= 0.3 is 0 Å². The van der Waals surface area contributed by atoms with Crippen molar-refractivity contribution in [2.75, 3.05) is 6.61 Å². The average molecular weight is 127 g/mol. The Morgan fingerprint density at radius 2 is 2.56 bits per heavy atom. The molecule has 1 aliphatic heterocycles. The molecular formula is C8H15O. The van der Waals surface area contributed by atoms with E-state index in [2.05, 4.69) is 13.8 Å². The monoisotopic (exact) mass is 127 g/mol. The Morgan fingerprint density at radius 1 is 1.78 bits per heavy atom. The largest absolute Gasteiger partial charge is 0.378 e. The van der Waals surface area contributed by atoms with Crippen LogP contribution in [0.15, 0.2) is 0 Å². The van der Waals surface area contributed by atoms with Crippen LogP contribution < -0.4 is 0 Å². The minimum Gasteiger partial charge on any atom is -0.378 e. The van der Waals surface area contributed by atoms with Crippen molar-refractivity contribution in [2.24, 2.45) is 5.92 Å². The molecule has 0 bridgehead atoms. The van der Waals surface area contributed by atoms with Crippen LogP contribution in [-0.4, -0.2) is 12.7 Å². The van der Waals surface area contributed by atoms with Gasteiger partial charge in [-0.2, -0.15) is 0 Å². The van der Waals surface area contributed by atoms with Crippen molar-refractivity contribution < 1.29 is 4.74 Å². The van der Waals surface area contributed by atoms with E-state index in [1.165, 1.54) is 12.8 Å². The first kappa shape index (κ1) is 7.07. The van der Waals surface area contributed by atoms with Gasteiger partial charge in [0, 0.05) is 6.61 Å². The third kappa shape index (κ3) is 2.35. The molecule has 2 atom stereocenters. The Labute approximate surface area is 57.4 Å². The van der Waals surface area contributed by atoms with E-state index in [1.807, 2.05) is 0 Å². The molecule has 53 valence electrons. The second-order valence-electron chi connectivity index (χ2n) is 2.98. The third-order valence-corrected chi connectivity index (χ3v) is 1.69. The Kier molecular flexibility index (Phi) is 2.52. The maximum Gasteiger partial charge on any atom is 0.0578 e. The molecule has 0 saturated carbocycles. The van der Waals surface area contributed by atoms with Crippen molar-refractivity contribution >= 4 is 0 Å². The minimum absolute atomic E-state index is 0.525. The Hall–Kier alpha value is -0.0400. The quantitative estimate of drug-likeness (QED) is 0.551. The molecular weight excluding hydrogens is 112 g/mol. The van der Waals surface area contributed by atoms with Gasteiger partial charge in [-0.15, -0.1) is 0 Å². The molecule has 0 N–H and O–H groups in total. The lowest BCUT2D eigenvalue weighted by Crippen LogP contribution is -2.08. The second kappa shape index (κ2) is 3.21. The second-order valence-corrected chi connectivity index (χ2v) is 2.98. The zero-order chi connectivity index (χ0) is 6.69. The molecule has 1 heteroatoms. The van der Waals surface area contributed by atoms with E-state index < -0.39 is 0 Å². The standard InChI is InChI=1S/C8H15O/c1-7(2)6-8-4-3-5-9-8/h7-8H,1,3-6H2,2H3. The van der Waals surface area contributed by atoms with Crippen LogP contribution in [0.25, 0.3) is 0 Å². The van der Waals surface area contributed by atoms with Crippen LogP contribution >= 0.6 is 0 Å². The molecule has 1 heterocycles. The lowest BCUT2D eigenvalue weighted by molar-refractivity contribution is 0.0964. The highest BCUT2D eigenvalue weighted by Gasteiger charge is 2.15. The summed E-state index contributed by atoms with van der Waals surface area (Å²) in [5.74, 6) is 0.549. The molecule has 0 aliphatic carbocycles. The van der Waals surface area contributed by atoms with Gasteiger partial charge in [0.25, 0.3) is 0 Å². The Bertz CT molecular complexity index is 72.6. The van der Waals surface area contributed by atoms with Gasteiger partial charge in [0.15, 0.2) is 0 Å². The normalized spacial score (nSPS) is 27.7. The fourth-order valence-electron chi connectivity index (χ4n) is 1.28. The van der Waals surface area contributed by atoms with Crippen LogP contribution in [0.1, 0.15) is 26.2 Å². The van der Waals surface area contributed by atoms with Crippen LogP contribution in [-0.2, 0) is 4.74 Å². The van der Waals surface area contributed by atoms with E-state index in [1.54, 1.807) is 0 Å². The molecule has 0 amide bonds. The van der Waals surface area contributed by atoms with Gasteiger partial charge in [-0.1, -0.05) is 13.8 Å². The number of rotatable bonds is 2. The van der Waals surface area contributed by atoms with Gasteiger partial charge < -0.3 is 4.74 Å². The molecule has 1 aliphatic rings. The smallest absolute Gasteiger partial charge is 0.0578 e. The lowest BCUT2D eigenvalue weighted by Gasteiger charge is -2.10. The molecule has 1 saturated heterocycles. The van der Waals surface area contributed by atoms with E-state index in [4.69, 9.17) is 4.74 Å². The fourth-order valence-corrected chi connectivity index (χ4v) is 1.28. The summed E-state index contributed by atoms with van der Waals surface area (Å²) in [6.45, 7) is 7.03. The van der Waals surface area contributed by atoms with Crippen LogP contribution in [0.5, 0.6) is 0 Å². The first-order valence-electron chi connectivity index (χ1n) is 3.73. The predicted octanol–water partition coefficient (Wildman–Crippen LogP) is 2.03. The number of hydrogen-bond donors (Lipinski definition) is 0. The molecule has 1 nitrogen and oxygen atoms in total. The molecule has 0 aromatic heterocycles. The van der Waals surface area contributed by atoms with Gasteiger partial charge in [-0.3, -0.25) is 0 Å². The summed E-state index contributed by atoms with van der Waals surface area (Å²) in [7, 11) is 0. The summed E-state index contributed by atoms with van der Waals surface area (Å²) in [5.41, 5.74) is 0. The zero-order valence-corrected chi connectivity index (χ0v) is 6.10. The van der Waals surface area contributed by atoms with Crippen LogP contribution in [0, 0.1) is 12.8 Å². The molecule has 1 radical (unpaired) electrons. The molecule has 9 heavy (non-hydrogen) atoms. The lowest BCUT2D eigenvalue weighted by atomic mass is 10.0.